The van der Waals surface area contributed by atoms with E-state index in [1.807, 2.05) is 28.0 Å². The van der Waals surface area contributed by atoms with Gasteiger partial charge in [0.1, 0.15) is 5.60 Å². The lowest BCUT2D eigenvalue weighted by atomic mass is 9.91. The molecule has 2 heterocycles. The molecule has 2 fully saturated rings. The molecule has 2 saturated heterocycles. The Morgan fingerprint density at radius 2 is 1.96 bits per heavy atom. The van der Waals surface area contributed by atoms with Crippen LogP contribution in [-0.4, -0.2) is 65.1 Å². The minimum Gasteiger partial charge on any atom is -0.441 e. The first-order valence-corrected chi connectivity index (χ1v) is 11.1. The lowest BCUT2D eigenvalue weighted by molar-refractivity contribution is -0.131. The van der Waals surface area contributed by atoms with Crippen LogP contribution in [0.2, 0.25) is 0 Å². The Labute approximate surface area is 166 Å². The van der Waals surface area contributed by atoms with Crippen molar-refractivity contribution in [1.29, 1.82) is 0 Å². The molecule has 1 atom stereocenters. The van der Waals surface area contributed by atoms with Crippen LogP contribution in [0.15, 0.2) is 30.3 Å². The van der Waals surface area contributed by atoms with E-state index < -0.39 is 5.60 Å². The molecule has 1 spiro atoms. The molecule has 0 aliphatic carbocycles. The quantitative estimate of drug-likeness (QED) is 0.666. The maximum Gasteiger partial charge on any atom is 0.410 e. The molecule has 0 bridgehead atoms. The number of piperidine rings is 1. The number of carbonyl (C=O) groups is 2. The Kier molecular flexibility index (Phi) is 6.68. The van der Waals surface area contributed by atoms with Gasteiger partial charge in [-0.25, -0.2) is 4.79 Å². The van der Waals surface area contributed by atoms with Crippen molar-refractivity contribution in [3.63, 3.8) is 0 Å². The van der Waals surface area contributed by atoms with Gasteiger partial charge >= 0.3 is 6.09 Å². The van der Waals surface area contributed by atoms with E-state index in [-0.39, 0.29) is 17.9 Å². The van der Waals surface area contributed by atoms with Crippen molar-refractivity contribution in [2.75, 3.05) is 37.7 Å². The standard InChI is InChI=1S/C21H30N2O3S/c1-3-13-27-15-19(24)22-11-9-21(10-12-22)16-23(20(25)26-21)14-17(2)18-7-5-4-6-8-18/h4-8,17H,3,9-16H2,1-2H3/t17-/m0/s1. The average Bonchev–Trinajstić information content (AvgIpc) is 2.97. The topological polar surface area (TPSA) is 49.9 Å². The Balaban J connectivity index is 1.51. The van der Waals surface area contributed by atoms with Gasteiger partial charge in [0, 0.05) is 32.5 Å². The number of hydrogen-bond acceptors (Lipinski definition) is 4. The van der Waals surface area contributed by atoms with E-state index in [2.05, 4.69) is 26.0 Å². The summed E-state index contributed by atoms with van der Waals surface area (Å²) in [7, 11) is 0. The van der Waals surface area contributed by atoms with Crippen LogP contribution in [0, 0.1) is 0 Å². The van der Waals surface area contributed by atoms with Crippen molar-refractivity contribution in [1.82, 2.24) is 9.80 Å². The SMILES string of the molecule is CCCSCC(=O)N1CCC2(CC1)CN(C[C@H](C)c1ccccc1)C(=O)O2. The molecule has 0 aromatic heterocycles. The molecule has 0 N–H and O–H groups in total. The van der Waals surface area contributed by atoms with Gasteiger partial charge in [0.25, 0.3) is 0 Å². The van der Waals surface area contributed by atoms with Crippen LogP contribution < -0.4 is 0 Å². The van der Waals surface area contributed by atoms with E-state index in [0.29, 0.717) is 31.9 Å². The van der Waals surface area contributed by atoms with Crippen LogP contribution >= 0.6 is 11.8 Å². The largest absolute Gasteiger partial charge is 0.441 e. The second-order valence-corrected chi connectivity index (χ2v) is 8.78. The van der Waals surface area contributed by atoms with E-state index >= 15 is 0 Å². The second kappa shape index (κ2) is 9.00. The van der Waals surface area contributed by atoms with E-state index in [1.165, 1.54) is 5.56 Å². The fraction of sp³-hybridized carbons (Fsp3) is 0.619. The summed E-state index contributed by atoms with van der Waals surface area (Å²) in [6.07, 6.45) is 2.35. The summed E-state index contributed by atoms with van der Waals surface area (Å²) < 4.78 is 5.81. The van der Waals surface area contributed by atoms with Crippen LogP contribution in [0.3, 0.4) is 0 Å². The van der Waals surface area contributed by atoms with Crippen molar-refractivity contribution in [2.24, 2.45) is 0 Å². The molecular formula is C21H30N2O3S. The highest BCUT2D eigenvalue weighted by molar-refractivity contribution is 7.99. The van der Waals surface area contributed by atoms with Crippen LogP contribution in [0.4, 0.5) is 4.79 Å². The molecule has 0 unspecified atom stereocenters. The highest BCUT2D eigenvalue weighted by Gasteiger charge is 2.47. The number of thioether (sulfide) groups is 1. The van der Waals surface area contributed by atoms with Gasteiger partial charge in [0.15, 0.2) is 0 Å². The van der Waals surface area contributed by atoms with Crippen molar-refractivity contribution in [3.8, 4) is 0 Å². The second-order valence-electron chi connectivity index (χ2n) is 7.68. The van der Waals surface area contributed by atoms with Crippen molar-refractivity contribution < 1.29 is 14.3 Å². The van der Waals surface area contributed by atoms with Crippen LogP contribution in [0.5, 0.6) is 0 Å². The van der Waals surface area contributed by atoms with Crippen molar-refractivity contribution in [3.05, 3.63) is 35.9 Å². The maximum absolute atomic E-state index is 12.4. The van der Waals surface area contributed by atoms with Gasteiger partial charge in [-0.1, -0.05) is 44.2 Å². The summed E-state index contributed by atoms with van der Waals surface area (Å²) in [6, 6.07) is 10.3. The number of carbonyl (C=O) groups excluding carboxylic acids is 2. The highest BCUT2D eigenvalue weighted by atomic mass is 32.2. The summed E-state index contributed by atoms with van der Waals surface area (Å²) in [5.41, 5.74) is 0.817. The van der Waals surface area contributed by atoms with Crippen LogP contribution in [0.25, 0.3) is 0 Å². The predicted molar refractivity (Wildman–Crippen MR) is 109 cm³/mol. The van der Waals surface area contributed by atoms with Gasteiger partial charge < -0.3 is 14.5 Å². The number of ether oxygens (including phenoxy) is 1. The smallest absolute Gasteiger partial charge is 0.410 e. The van der Waals surface area contributed by atoms with E-state index in [4.69, 9.17) is 4.74 Å². The molecule has 0 saturated carbocycles. The number of benzene rings is 1. The zero-order valence-corrected chi connectivity index (χ0v) is 17.2. The Morgan fingerprint density at radius 3 is 2.63 bits per heavy atom. The molecule has 148 valence electrons. The lowest BCUT2D eigenvalue weighted by Crippen LogP contribution is -2.49. The van der Waals surface area contributed by atoms with Gasteiger partial charge in [-0.15, -0.1) is 0 Å². The predicted octanol–water partition coefficient (Wildman–Crippen LogP) is 3.75. The maximum atomic E-state index is 12.4. The number of rotatable bonds is 7. The average molecular weight is 391 g/mol. The molecule has 6 heteroatoms. The van der Waals surface area contributed by atoms with Crippen LogP contribution in [0.1, 0.15) is 44.6 Å². The molecule has 2 aliphatic heterocycles. The first kappa shape index (κ1) is 20.1. The summed E-state index contributed by atoms with van der Waals surface area (Å²) in [5.74, 6) is 2.06. The van der Waals surface area contributed by atoms with Crippen LogP contribution in [-0.2, 0) is 9.53 Å². The van der Waals surface area contributed by atoms with E-state index in [0.717, 1.165) is 25.0 Å². The van der Waals surface area contributed by atoms with Gasteiger partial charge in [-0.3, -0.25) is 4.79 Å². The van der Waals surface area contributed by atoms with Crippen molar-refractivity contribution >= 4 is 23.8 Å². The highest BCUT2D eigenvalue weighted by Crippen LogP contribution is 2.34. The van der Waals surface area contributed by atoms with E-state index in [1.54, 1.807) is 11.8 Å². The fourth-order valence-corrected chi connectivity index (χ4v) is 4.66. The minimum absolute atomic E-state index is 0.210. The Hall–Kier alpha value is -1.69. The molecule has 2 amide bonds. The Bertz CT molecular complexity index is 644. The molecule has 1 aromatic rings. The third-order valence-electron chi connectivity index (χ3n) is 5.51. The summed E-state index contributed by atoms with van der Waals surface area (Å²) >= 11 is 1.70. The zero-order valence-electron chi connectivity index (χ0n) is 16.4. The first-order chi connectivity index (χ1) is 13.0. The van der Waals surface area contributed by atoms with Crippen molar-refractivity contribution in [2.45, 2.75) is 44.6 Å². The summed E-state index contributed by atoms with van der Waals surface area (Å²) in [6.45, 7) is 6.93. The molecule has 0 radical (unpaired) electrons. The van der Waals surface area contributed by atoms with Gasteiger partial charge in [-0.2, -0.15) is 11.8 Å². The number of hydrogen-bond donors (Lipinski definition) is 0. The third-order valence-corrected chi connectivity index (χ3v) is 6.65. The first-order valence-electron chi connectivity index (χ1n) is 9.91. The fourth-order valence-electron chi connectivity index (χ4n) is 3.87. The molecule has 2 aliphatic rings. The number of nitrogens with zero attached hydrogens (tertiary/aromatic N) is 2. The Morgan fingerprint density at radius 1 is 1.26 bits per heavy atom. The summed E-state index contributed by atoms with van der Waals surface area (Å²) in [4.78, 5) is 28.5. The minimum atomic E-state index is -0.416. The molecule has 3 rings (SSSR count). The molecule has 27 heavy (non-hydrogen) atoms. The molecule has 1 aromatic carbocycles. The number of amides is 2. The summed E-state index contributed by atoms with van der Waals surface area (Å²) in [5, 5.41) is 0. The van der Waals surface area contributed by atoms with E-state index in [9.17, 15) is 9.59 Å². The normalized spacial score (nSPS) is 20.0. The van der Waals surface area contributed by atoms with Gasteiger partial charge in [0.2, 0.25) is 5.91 Å². The third kappa shape index (κ3) is 4.98. The van der Waals surface area contributed by atoms with Gasteiger partial charge in [0.05, 0.1) is 12.3 Å². The monoisotopic (exact) mass is 390 g/mol. The van der Waals surface area contributed by atoms with Gasteiger partial charge in [-0.05, 0) is 23.7 Å². The zero-order chi connectivity index (χ0) is 19.3. The molecular weight excluding hydrogens is 360 g/mol. The molecule has 5 nitrogen and oxygen atoms in total. The lowest BCUT2D eigenvalue weighted by Gasteiger charge is -2.37. The number of likely N-dealkylation sites (tertiary alicyclic amines) is 1.